The zero-order valence-electron chi connectivity index (χ0n) is 18.1. The lowest BCUT2D eigenvalue weighted by Gasteiger charge is -2.39. The van der Waals surface area contributed by atoms with E-state index in [1.807, 2.05) is 0 Å². The number of hydrogen-bond donors (Lipinski definition) is 0. The normalized spacial score (nSPS) is 19.2. The molecule has 7 nitrogen and oxygen atoms in total. The first-order chi connectivity index (χ1) is 15.8. The van der Waals surface area contributed by atoms with Crippen molar-refractivity contribution in [2.24, 2.45) is 0 Å². The number of piperazine rings is 1. The zero-order valence-corrected chi connectivity index (χ0v) is 18.1. The summed E-state index contributed by atoms with van der Waals surface area (Å²) in [5.74, 6) is 0.664. The van der Waals surface area contributed by atoms with Gasteiger partial charge in [-0.3, -0.25) is 9.69 Å². The molecule has 2 aliphatic rings. The Bertz CT molecular complexity index is 1010. The van der Waals surface area contributed by atoms with Gasteiger partial charge in [-0.05, 0) is 30.5 Å². The number of nitrogens with zero attached hydrogens (tertiary/aromatic N) is 6. The molecule has 0 atom stereocenters. The summed E-state index contributed by atoms with van der Waals surface area (Å²) in [6.07, 6.45) is -0.421. The van der Waals surface area contributed by atoms with E-state index in [9.17, 15) is 23.2 Å². The molecule has 0 radical (unpaired) electrons. The summed E-state index contributed by atoms with van der Waals surface area (Å²) >= 11 is 0. The van der Waals surface area contributed by atoms with Gasteiger partial charge in [0, 0.05) is 51.7 Å². The van der Waals surface area contributed by atoms with Gasteiger partial charge < -0.3 is 9.80 Å². The molecule has 0 aliphatic carbocycles. The molecule has 33 heavy (non-hydrogen) atoms. The van der Waals surface area contributed by atoms with Crippen molar-refractivity contribution in [3.8, 4) is 6.07 Å². The molecule has 2 fully saturated rings. The van der Waals surface area contributed by atoms with Crippen molar-refractivity contribution in [3.05, 3.63) is 53.9 Å². The number of benzene rings is 1. The van der Waals surface area contributed by atoms with Gasteiger partial charge in [0.25, 0.3) is 0 Å². The maximum Gasteiger partial charge on any atom is 0.416 e. The quantitative estimate of drug-likeness (QED) is 0.701. The number of likely N-dealkylation sites (tertiary alicyclic amines) is 1. The van der Waals surface area contributed by atoms with E-state index in [1.54, 1.807) is 29.4 Å². The number of aromatic nitrogens is 2. The second kappa shape index (κ2) is 9.35. The molecule has 1 aromatic carbocycles. The number of carbonyl (C=O) groups excluding carboxylic acids is 1. The molecule has 1 aromatic heterocycles. The van der Waals surface area contributed by atoms with Crippen LogP contribution in [-0.4, -0.2) is 71.5 Å². The molecule has 0 unspecified atom stereocenters. The van der Waals surface area contributed by atoms with Crippen molar-refractivity contribution in [1.82, 2.24) is 19.8 Å². The molecule has 2 aromatic rings. The van der Waals surface area contributed by atoms with Gasteiger partial charge in [0.05, 0.1) is 23.6 Å². The highest BCUT2D eigenvalue weighted by Gasteiger charge is 2.40. The standard InChI is InChI=1S/C23H25F3N6O/c24-23(25,26)19-4-1-3-18(15-19)22(17-27)5-9-31(10-6-22)20(33)16-30-11-13-32(14-12-30)21-28-7-2-8-29-21/h1-4,7-8,15H,5-6,9-14,16H2. The number of rotatable bonds is 4. The second-order valence-corrected chi connectivity index (χ2v) is 8.47. The summed E-state index contributed by atoms with van der Waals surface area (Å²) in [6.45, 7) is 3.86. The Labute approximate surface area is 190 Å². The number of halogens is 3. The van der Waals surface area contributed by atoms with Crippen LogP contribution < -0.4 is 4.90 Å². The van der Waals surface area contributed by atoms with Crippen LogP contribution >= 0.6 is 0 Å². The fourth-order valence-corrected chi connectivity index (χ4v) is 4.45. The summed E-state index contributed by atoms with van der Waals surface area (Å²) in [7, 11) is 0. The average Bonchev–Trinajstić information content (AvgIpc) is 2.84. The van der Waals surface area contributed by atoms with Crippen molar-refractivity contribution >= 4 is 11.9 Å². The molecule has 0 spiro atoms. The van der Waals surface area contributed by atoms with Gasteiger partial charge in [0.15, 0.2) is 0 Å². The number of nitriles is 1. The molecular formula is C23H25F3N6O. The van der Waals surface area contributed by atoms with Crippen molar-refractivity contribution < 1.29 is 18.0 Å². The van der Waals surface area contributed by atoms with Crippen LogP contribution in [0.5, 0.6) is 0 Å². The van der Waals surface area contributed by atoms with Crippen molar-refractivity contribution in [3.63, 3.8) is 0 Å². The molecule has 2 saturated heterocycles. The third kappa shape index (κ3) is 5.09. The molecule has 3 heterocycles. The van der Waals surface area contributed by atoms with Crippen LogP contribution in [-0.2, 0) is 16.4 Å². The van der Waals surface area contributed by atoms with E-state index in [0.717, 1.165) is 25.2 Å². The summed E-state index contributed by atoms with van der Waals surface area (Å²) in [6, 6.07) is 9.00. The van der Waals surface area contributed by atoms with Crippen molar-refractivity contribution in [2.75, 3.05) is 50.7 Å². The third-order valence-corrected chi connectivity index (χ3v) is 6.49. The van der Waals surface area contributed by atoms with Gasteiger partial charge in [-0.1, -0.05) is 18.2 Å². The highest BCUT2D eigenvalue weighted by Crippen LogP contribution is 2.38. The lowest BCUT2D eigenvalue weighted by molar-refractivity contribution is -0.137. The molecule has 10 heteroatoms. The highest BCUT2D eigenvalue weighted by molar-refractivity contribution is 5.78. The molecule has 0 N–H and O–H groups in total. The van der Waals surface area contributed by atoms with Gasteiger partial charge in [-0.15, -0.1) is 0 Å². The maximum absolute atomic E-state index is 13.1. The summed E-state index contributed by atoms with van der Waals surface area (Å²) in [5.41, 5.74) is -1.40. The Morgan fingerprint density at radius 3 is 2.30 bits per heavy atom. The Hall–Kier alpha value is -3.19. The van der Waals surface area contributed by atoms with Gasteiger partial charge in [-0.25, -0.2) is 9.97 Å². The predicted octanol–water partition coefficient (Wildman–Crippen LogP) is 2.70. The molecular weight excluding hydrogens is 433 g/mol. The Kier molecular flexibility index (Phi) is 6.51. The smallest absolute Gasteiger partial charge is 0.341 e. The second-order valence-electron chi connectivity index (χ2n) is 8.47. The highest BCUT2D eigenvalue weighted by atomic mass is 19.4. The molecule has 0 bridgehead atoms. The fraction of sp³-hybridized carbons (Fsp3) is 0.478. The van der Waals surface area contributed by atoms with Crippen molar-refractivity contribution in [2.45, 2.75) is 24.4 Å². The largest absolute Gasteiger partial charge is 0.416 e. The van der Waals surface area contributed by atoms with E-state index in [1.165, 1.54) is 6.07 Å². The zero-order chi connectivity index (χ0) is 23.5. The van der Waals surface area contributed by atoms with E-state index in [4.69, 9.17) is 0 Å². The van der Waals surface area contributed by atoms with Crippen LogP contribution in [0.4, 0.5) is 19.1 Å². The van der Waals surface area contributed by atoms with E-state index in [-0.39, 0.29) is 12.5 Å². The van der Waals surface area contributed by atoms with Crippen LogP contribution in [0.2, 0.25) is 0 Å². The first-order valence-electron chi connectivity index (χ1n) is 10.9. The van der Waals surface area contributed by atoms with Crippen LogP contribution in [0, 0.1) is 11.3 Å². The number of hydrogen-bond acceptors (Lipinski definition) is 6. The molecule has 1 amide bonds. The topological polar surface area (TPSA) is 76.4 Å². The number of carbonyl (C=O) groups is 1. The lowest BCUT2D eigenvalue weighted by atomic mass is 9.73. The minimum Gasteiger partial charge on any atom is -0.341 e. The maximum atomic E-state index is 13.1. The van der Waals surface area contributed by atoms with Crippen LogP contribution in [0.3, 0.4) is 0 Å². The monoisotopic (exact) mass is 458 g/mol. The van der Waals surface area contributed by atoms with E-state index < -0.39 is 17.2 Å². The number of amides is 1. The lowest BCUT2D eigenvalue weighted by Crippen LogP contribution is -2.52. The Balaban J connectivity index is 1.32. The Morgan fingerprint density at radius 1 is 1.03 bits per heavy atom. The first-order valence-corrected chi connectivity index (χ1v) is 10.9. The van der Waals surface area contributed by atoms with Gasteiger partial charge in [-0.2, -0.15) is 18.4 Å². The minimum atomic E-state index is -4.46. The van der Waals surface area contributed by atoms with Crippen molar-refractivity contribution in [1.29, 1.82) is 5.26 Å². The number of alkyl halides is 3. The number of anilines is 1. The summed E-state index contributed by atoms with van der Waals surface area (Å²) in [4.78, 5) is 27.3. The SMILES string of the molecule is N#CC1(c2cccc(C(F)(F)F)c2)CCN(C(=O)CN2CCN(c3ncccn3)CC2)CC1. The summed E-state index contributed by atoms with van der Waals surface area (Å²) < 4.78 is 39.4. The Morgan fingerprint density at radius 2 is 1.70 bits per heavy atom. The molecule has 2 aliphatic heterocycles. The van der Waals surface area contributed by atoms with E-state index in [0.29, 0.717) is 50.5 Å². The number of piperidine rings is 1. The predicted molar refractivity (Wildman–Crippen MR) is 115 cm³/mol. The van der Waals surface area contributed by atoms with Crippen LogP contribution in [0.15, 0.2) is 42.7 Å². The van der Waals surface area contributed by atoms with Gasteiger partial charge in [0.1, 0.15) is 0 Å². The van der Waals surface area contributed by atoms with Gasteiger partial charge in [0.2, 0.25) is 11.9 Å². The van der Waals surface area contributed by atoms with E-state index >= 15 is 0 Å². The first kappa shape index (κ1) is 23.0. The average molecular weight is 458 g/mol. The van der Waals surface area contributed by atoms with Crippen LogP contribution in [0.1, 0.15) is 24.0 Å². The van der Waals surface area contributed by atoms with Crippen LogP contribution in [0.25, 0.3) is 0 Å². The molecule has 174 valence electrons. The fourth-order valence-electron chi connectivity index (χ4n) is 4.45. The minimum absolute atomic E-state index is 0.0185. The third-order valence-electron chi connectivity index (χ3n) is 6.49. The molecule has 0 saturated carbocycles. The summed E-state index contributed by atoms with van der Waals surface area (Å²) in [5, 5.41) is 9.84. The van der Waals surface area contributed by atoms with Gasteiger partial charge >= 0.3 is 6.18 Å². The van der Waals surface area contributed by atoms with E-state index in [2.05, 4.69) is 25.8 Å². The molecule has 4 rings (SSSR count).